The molecule has 18 aromatic carbocycles. The van der Waals surface area contributed by atoms with Crippen LogP contribution in [0.5, 0.6) is 0 Å². The van der Waals surface area contributed by atoms with Crippen molar-refractivity contribution in [2.45, 2.75) is 12.8 Å². The second kappa shape index (κ2) is 38.4. The molecule has 2 aliphatic carbocycles. The summed E-state index contributed by atoms with van der Waals surface area (Å²) >= 11 is 0. The average molecular weight is 1880 g/mol. The third-order valence-electron chi connectivity index (χ3n) is 28.3. The summed E-state index contributed by atoms with van der Waals surface area (Å²) in [6.45, 7) is 0. The number of pyridine rings is 6. The number of hydrogen-bond donors (Lipinski definition) is 0. The van der Waals surface area contributed by atoms with E-state index in [4.69, 9.17) is 34.9 Å². The molecule has 147 heavy (non-hydrogen) atoms. The Morgan fingerprint density at radius 2 is 0.667 bits per heavy atom. The van der Waals surface area contributed by atoms with Crippen molar-refractivity contribution < 1.29 is 0 Å². The van der Waals surface area contributed by atoms with Crippen molar-refractivity contribution in [1.82, 2.24) is 54.4 Å². The smallest absolute Gasteiger partial charge is 0.164 e. The van der Waals surface area contributed by atoms with E-state index in [0.717, 1.165) is 136 Å². The summed E-state index contributed by atoms with van der Waals surface area (Å²) in [5.74, 6) is 2.94. The lowest BCUT2D eigenvalue weighted by Gasteiger charge is -2.22. The highest BCUT2D eigenvalue weighted by Crippen LogP contribution is 2.59. The quantitative estimate of drug-likeness (QED) is 0.0861. The van der Waals surface area contributed by atoms with Crippen LogP contribution in [0.15, 0.2) is 516 Å². The van der Waals surface area contributed by atoms with Crippen LogP contribution in [-0.2, 0) is 0 Å². The molecule has 8 aromatic heterocycles. The van der Waals surface area contributed by atoms with E-state index in [1.54, 1.807) is 18.6 Å². The van der Waals surface area contributed by atoms with E-state index in [0.29, 0.717) is 17.5 Å². The van der Waals surface area contributed by atoms with Crippen LogP contribution < -0.4 is 0 Å². The SMILES string of the molecule is C1=CCCC(c2c3c(c(-c4ccccc4)c4ccccc24)-c2ccc(-c4nc(-c5ccccc5)nc(-c5ccccc5)n4)c4cccc-3c24)=C1.c1ccc(-c2ccc(-c3cc(-c4cccnc4)cc(-c4ccc(-c5cccc(-c6ccccn6)n5)nc4)c3)cn2)nc1.c1ccc(-n2c(-c3ccc(-c4ccc5c(-c6ccc7ccccc7c6)c6ccccc6c(-c6ccc7ccccc7c6)c5c4)cc3)nc3ccccc32)cc1. The monoisotopic (exact) mass is 1880 g/mol. The molecule has 11 nitrogen and oxygen atoms in total. The molecule has 0 amide bonds. The van der Waals surface area contributed by atoms with Crippen LogP contribution in [0.4, 0.5) is 0 Å². The summed E-state index contributed by atoms with van der Waals surface area (Å²) < 4.78 is 2.26. The summed E-state index contributed by atoms with van der Waals surface area (Å²) in [7, 11) is 0. The van der Waals surface area contributed by atoms with E-state index < -0.39 is 0 Å². The number of fused-ring (bicyclic) bond motifs is 9. The highest BCUT2D eigenvalue weighted by molar-refractivity contribution is 6.28. The number of rotatable bonds is 16. The van der Waals surface area contributed by atoms with Crippen molar-refractivity contribution >= 4 is 81.2 Å². The zero-order valence-electron chi connectivity index (χ0n) is 79.9. The van der Waals surface area contributed by atoms with Crippen molar-refractivity contribution in [3.8, 4) is 186 Å². The minimum Gasteiger partial charge on any atom is -0.292 e. The maximum atomic E-state index is 5.14. The van der Waals surface area contributed by atoms with Crippen LogP contribution in [0, 0.1) is 0 Å². The molecule has 0 aliphatic heterocycles. The third kappa shape index (κ3) is 16.8. The maximum Gasteiger partial charge on any atom is 0.164 e. The Hall–Kier alpha value is -19.6. The fourth-order valence-electron chi connectivity index (χ4n) is 21.4. The molecule has 11 heteroatoms. The van der Waals surface area contributed by atoms with Crippen LogP contribution in [0.25, 0.3) is 267 Å². The van der Waals surface area contributed by atoms with Gasteiger partial charge in [0.2, 0.25) is 0 Å². The van der Waals surface area contributed by atoms with E-state index in [-0.39, 0.29) is 0 Å². The highest BCUT2D eigenvalue weighted by atomic mass is 15.1. The Balaban J connectivity index is 0.000000113. The first-order chi connectivity index (χ1) is 72.9. The van der Waals surface area contributed by atoms with E-state index >= 15 is 0 Å². The molecule has 0 bridgehead atoms. The van der Waals surface area contributed by atoms with Gasteiger partial charge in [0.05, 0.1) is 45.2 Å². The minimum absolute atomic E-state index is 0.665. The summed E-state index contributed by atoms with van der Waals surface area (Å²) in [6.07, 6.45) is 19.9. The van der Waals surface area contributed by atoms with Gasteiger partial charge in [-0.2, -0.15) is 0 Å². The zero-order chi connectivity index (χ0) is 97.5. The largest absolute Gasteiger partial charge is 0.292 e. The molecule has 0 N–H and O–H groups in total. The molecule has 0 radical (unpaired) electrons. The Kier molecular flexibility index (Phi) is 22.9. The molecule has 0 unspecified atom stereocenters. The number of allylic oxidation sites excluding steroid dienone is 4. The van der Waals surface area contributed by atoms with Gasteiger partial charge in [-0.25, -0.2) is 24.9 Å². The first-order valence-corrected chi connectivity index (χ1v) is 49.7. The fourth-order valence-corrected chi connectivity index (χ4v) is 21.4. The number of imidazole rings is 1. The minimum atomic E-state index is 0.665. The molecule has 0 spiro atoms. The number of nitrogens with zero attached hydrogens (tertiary/aromatic N) is 11. The van der Waals surface area contributed by atoms with E-state index in [2.05, 4.69) is 390 Å². The zero-order valence-corrected chi connectivity index (χ0v) is 79.9. The normalized spacial score (nSPS) is 11.9. The second-order valence-electron chi connectivity index (χ2n) is 37.1. The van der Waals surface area contributed by atoms with E-state index in [1.807, 2.05) is 128 Å². The molecule has 0 saturated heterocycles. The topological polar surface area (TPSA) is 134 Å². The molecule has 0 saturated carbocycles. The lowest BCUT2D eigenvalue weighted by Crippen LogP contribution is -2.00. The number of benzene rings is 18. The third-order valence-corrected chi connectivity index (χ3v) is 28.3. The molecule has 8 heterocycles. The van der Waals surface area contributed by atoms with Gasteiger partial charge in [0.1, 0.15) is 5.82 Å². The van der Waals surface area contributed by atoms with Gasteiger partial charge in [-0.15, -0.1) is 0 Å². The van der Waals surface area contributed by atoms with Crippen molar-refractivity contribution in [2.75, 3.05) is 0 Å². The Bertz CT molecular complexity index is 9540. The van der Waals surface area contributed by atoms with E-state index in [1.165, 1.54) is 132 Å². The lowest BCUT2D eigenvalue weighted by molar-refractivity contribution is 1.06. The van der Waals surface area contributed by atoms with Crippen LogP contribution >= 0.6 is 0 Å². The first-order valence-electron chi connectivity index (χ1n) is 49.7. The van der Waals surface area contributed by atoms with E-state index in [9.17, 15) is 0 Å². The van der Waals surface area contributed by atoms with Crippen molar-refractivity contribution in [3.63, 3.8) is 0 Å². The van der Waals surface area contributed by atoms with Gasteiger partial charge in [0.15, 0.2) is 17.5 Å². The Morgan fingerprint density at radius 1 is 0.218 bits per heavy atom. The molecule has 0 atom stereocenters. The molecule has 688 valence electrons. The highest BCUT2D eigenvalue weighted by Gasteiger charge is 2.33. The standard InChI is InChI=1S/C53H34N2.C47H31N3.C36H24N6/c1-2-16-44(17-3-1)55-50-21-11-10-20-49(50)54-53(55)38-26-22-37(23-27-38)41-30-31-47-48(34-41)52(43-29-25-36-13-5-7-15-40(36)33-43)46-19-9-8-18-45(46)51(47)42-28-24-35-12-4-6-14-39(35)32-42;1-5-16-30(17-6-1)40-34-24-13-14-25-35(34)41(31-18-7-2-8-19-31)44-39-29-28-37(36-26-15-27-38(42(36)39)43(40)44)47-49-45(32-20-9-3-10-21-32)48-46(50-47)33-22-11-4-12-23-33;1-3-17-38-31(8-1)33-14-12-26(23-40-33)29-19-28(25-7-6-16-37-22-25)20-30(21-29)27-13-15-34(41-24-27)36-11-5-10-35(42-36)32-9-2-4-18-39-32/h1-34H;1-5,7-16,18-29H,6,17H2;1-24H. The van der Waals surface area contributed by atoms with Gasteiger partial charge < -0.3 is 0 Å². The van der Waals surface area contributed by atoms with Crippen LogP contribution in [0.3, 0.4) is 0 Å². The van der Waals surface area contributed by atoms with Gasteiger partial charge in [0, 0.05) is 81.8 Å². The predicted octanol–water partition coefficient (Wildman–Crippen LogP) is 34.6. The number of aromatic nitrogens is 11. The van der Waals surface area contributed by atoms with Gasteiger partial charge in [-0.1, -0.05) is 358 Å². The molecule has 28 rings (SSSR count). The number of hydrogen-bond acceptors (Lipinski definition) is 10. The number of para-hydroxylation sites is 3. The summed E-state index contributed by atoms with van der Waals surface area (Å²) in [4.78, 5) is 47.9. The molecule has 2 aliphatic rings. The van der Waals surface area contributed by atoms with Gasteiger partial charge >= 0.3 is 0 Å². The van der Waals surface area contributed by atoms with Crippen molar-refractivity contribution in [1.29, 1.82) is 0 Å². The molecule has 0 fully saturated rings. The average Bonchev–Trinajstić information content (AvgIpc) is 1.55. The Labute approximate surface area is 850 Å². The summed E-state index contributed by atoms with van der Waals surface area (Å²) in [6, 6.07) is 163. The Morgan fingerprint density at radius 3 is 1.25 bits per heavy atom. The van der Waals surface area contributed by atoms with Gasteiger partial charge in [0.25, 0.3) is 0 Å². The van der Waals surface area contributed by atoms with Crippen LogP contribution in [0.2, 0.25) is 0 Å². The van der Waals surface area contributed by atoms with Crippen LogP contribution in [-0.4, -0.2) is 54.4 Å². The molecular formula is C136H89N11. The van der Waals surface area contributed by atoms with Gasteiger partial charge in [-0.05, 0) is 293 Å². The molecular weight excluding hydrogens is 1790 g/mol. The first kappa shape index (κ1) is 87.6. The van der Waals surface area contributed by atoms with Crippen LogP contribution in [0.1, 0.15) is 18.4 Å². The van der Waals surface area contributed by atoms with Gasteiger partial charge in [-0.3, -0.25) is 29.5 Å². The lowest BCUT2D eigenvalue weighted by atomic mass is 9.81. The maximum absolute atomic E-state index is 5.14. The summed E-state index contributed by atoms with van der Waals surface area (Å²) in [5, 5.41) is 14.9. The van der Waals surface area contributed by atoms with Crippen molar-refractivity contribution in [3.05, 3.63) is 522 Å². The van der Waals surface area contributed by atoms with Crippen molar-refractivity contribution in [2.24, 2.45) is 0 Å². The molecule has 26 aromatic rings. The summed E-state index contributed by atoms with van der Waals surface area (Å²) in [5.41, 5.74) is 36.1. The predicted molar refractivity (Wildman–Crippen MR) is 606 cm³/mol. The second-order valence-corrected chi connectivity index (χ2v) is 37.1. The fraction of sp³-hybridized carbons (Fsp3) is 0.0147.